The highest BCUT2D eigenvalue weighted by atomic mass is 16.3. The van der Waals surface area contributed by atoms with E-state index in [1.54, 1.807) is 18.3 Å². The molecule has 5 heteroatoms. The fraction of sp³-hybridized carbons (Fsp3) is 0.357. The molecule has 5 nitrogen and oxygen atoms in total. The Hall–Kier alpha value is -2.01. The summed E-state index contributed by atoms with van der Waals surface area (Å²) in [5.74, 6) is -0.153. The van der Waals surface area contributed by atoms with Crippen molar-refractivity contribution in [1.82, 2.24) is 10.3 Å². The summed E-state index contributed by atoms with van der Waals surface area (Å²) in [6.07, 6.45) is 2.57. The molecule has 0 radical (unpaired) electrons. The van der Waals surface area contributed by atoms with Gasteiger partial charge in [-0.1, -0.05) is 6.92 Å². The number of benzene rings is 1. The summed E-state index contributed by atoms with van der Waals surface area (Å²) in [5.41, 5.74) is 7.82. The van der Waals surface area contributed by atoms with Crippen molar-refractivity contribution in [3.8, 4) is 0 Å². The second-order valence-corrected chi connectivity index (χ2v) is 4.61. The Labute approximate surface area is 111 Å². The Bertz CT molecular complexity index is 577. The number of amides is 1. The fourth-order valence-electron chi connectivity index (χ4n) is 1.98. The highest BCUT2D eigenvalue weighted by Gasteiger charge is 2.12. The molecule has 0 spiro atoms. The molecule has 2 rings (SSSR count). The van der Waals surface area contributed by atoms with E-state index in [9.17, 15) is 9.90 Å². The molecule has 5 N–H and O–H groups in total. The first-order valence-electron chi connectivity index (χ1n) is 6.44. The van der Waals surface area contributed by atoms with Crippen molar-refractivity contribution >= 4 is 22.5 Å². The molecule has 2 aromatic rings. The first kappa shape index (κ1) is 13.4. The van der Waals surface area contributed by atoms with Crippen molar-refractivity contribution in [3.05, 3.63) is 30.0 Å². The van der Waals surface area contributed by atoms with E-state index < -0.39 is 0 Å². The lowest BCUT2D eigenvalue weighted by molar-refractivity contribution is 0.0943. The van der Waals surface area contributed by atoms with Crippen molar-refractivity contribution in [2.45, 2.75) is 25.9 Å². The van der Waals surface area contributed by atoms with Crippen LogP contribution in [-0.4, -0.2) is 28.6 Å². The molecule has 1 heterocycles. The van der Waals surface area contributed by atoms with E-state index in [1.807, 2.05) is 13.0 Å². The van der Waals surface area contributed by atoms with E-state index in [0.717, 1.165) is 10.9 Å². The number of nitrogen functional groups attached to an aromatic ring is 1. The van der Waals surface area contributed by atoms with Crippen LogP contribution < -0.4 is 11.1 Å². The zero-order chi connectivity index (χ0) is 13.8. The lowest BCUT2D eigenvalue weighted by Crippen LogP contribution is -2.26. The predicted molar refractivity (Wildman–Crippen MR) is 76.0 cm³/mol. The summed E-state index contributed by atoms with van der Waals surface area (Å²) in [7, 11) is 0. The summed E-state index contributed by atoms with van der Waals surface area (Å²) in [4.78, 5) is 15.1. The smallest absolute Gasteiger partial charge is 0.253 e. The number of carbonyl (C=O) groups excluding carboxylic acids is 1. The molecule has 102 valence electrons. The maximum atomic E-state index is 12.0. The average molecular weight is 261 g/mol. The van der Waals surface area contributed by atoms with E-state index >= 15 is 0 Å². The molecule has 0 aliphatic heterocycles. The third kappa shape index (κ3) is 3.06. The SMILES string of the molecule is CCC(O)CCNC(=O)c1c[nH]c2ccc(N)cc12. The standard InChI is InChI=1S/C14H19N3O2/c1-2-10(18)5-6-16-14(19)12-8-17-13-4-3-9(15)7-11(12)13/h3-4,7-8,10,17-18H,2,5-6,15H2,1H3,(H,16,19). The first-order valence-corrected chi connectivity index (χ1v) is 6.44. The Morgan fingerprint density at radius 3 is 3.05 bits per heavy atom. The van der Waals surface area contributed by atoms with Crippen LogP contribution >= 0.6 is 0 Å². The Morgan fingerprint density at radius 2 is 2.32 bits per heavy atom. The van der Waals surface area contributed by atoms with Gasteiger partial charge in [0, 0.05) is 29.3 Å². The van der Waals surface area contributed by atoms with Crippen LogP contribution in [0.1, 0.15) is 30.1 Å². The van der Waals surface area contributed by atoms with E-state index in [0.29, 0.717) is 30.6 Å². The van der Waals surface area contributed by atoms with Gasteiger partial charge in [-0.05, 0) is 31.0 Å². The van der Waals surface area contributed by atoms with E-state index in [4.69, 9.17) is 5.73 Å². The van der Waals surface area contributed by atoms with Crippen LogP contribution in [0.3, 0.4) is 0 Å². The van der Waals surface area contributed by atoms with Crippen molar-refractivity contribution in [3.63, 3.8) is 0 Å². The molecule has 0 saturated carbocycles. The minimum absolute atomic E-state index is 0.153. The Balaban J connectivity index is 2.07. The molecular formula is C14H19N3O2. The predicted octanol–water partition coefficient (Wildman–Crippen LogP) is 1.64. The van der Waals surface area contributed by atoms with Crippen molar-refractivity contribution in [2.24, 2.45) is 0 Å². The van der Waals surface area contributed by atoms with Crippen LogP contribution in [0, 0.1) is 0 Å². The van der Waals surface area contributed by atoms with Gasteiger partial charge in [0.1, 0.15) is 0 Å². The van der Waals surface area contributed by atoms with Gasteiger partial charge in [0.2, 0.25) is 0 Å². The lowest BCUT2D eigenvalue weighted by atomic mass is 10.1. The van der Waals surface area contributed by atoms with Crippen LogP contribution in [0.15, 0.2) is 24.4 Å². The molecular weight excluding hydrogens is 242 g/mol. The minimum atomic E-state index is -0.362. The number of aliphatic hydroxyl groups is 1. The number of hydrogen-bond donors (Lipinski definition) is 4. The Morgan fingerprint density at radius 1 is 1.53 bits per heavy atom. The molecule has 19 heavy (non-hydrogen) atoms. The van der Waals surface area contributed by atoms with E-state index in [2.05, 4.69) is 10.3 Å². The molecule has 0 bridgehead atoms. The van der Waals surface area contributed by atoms with Crippen LogP contribution in [0.2, 0.25) is 0 Å². The number of aromatic amines is 1. The van der Waals surface area contributed by atoms with Gasteiger partial charge in [-0.25, -0.2) is 0 Å². The average Bonchev–Trinajstić information content (AvgIpc) is 2.81. The number of carbonyl (C=O) groups is 1. The minimum Gasteiger partial charge on any atom is -0.399 e. The van der Waals surface area contributed by atoms with Gasteiger partial charge in [-0.3, -0.25) is 4.79 Å². The normalized spacial score (nSPS) is 12.5. The number of fused-ring (bicyclic) bond motifs is 1. The van der Waals surface area contributed by atoms with Gasteiger partial charge in [-0.2, -0.15) is 0 Å². The van der Waals surface area contributed by atoms with Gasteiger partial charge >= 0.3 is 0 Å². The number of nitrogens with one attached hydrogen (secondary N) is 2. The van der Waals surface area contributed by atoms with Gasteiger partial charge in [0.15, 0.2) is 0 Å². The van der Waals surface area contributed by atoms with Gasteiger partial charge in [-0.15, -0.1) is 0 Å². The summed E-state index contributed by atoms with van der Waals surface area (Å²) >= 11 is 0. The number of H-pyrrole nitrogens is 1. The largest absolute Gasteiger partial charge is 0.399 e. The third-order valence-electron chi connectivity index (χ3n) is 3.18. The monoisotopic (exact) mass is 261 g/mol. The molecule has 1 unspecified atom stereocenters. The molecule has 1 aromatic heterocycles. The molecule has 0 saturated heterocycles. The van der Waals surface area contributed by atoms with Crippen LogP contribution in [0.25, 0.3) is 10.9 Å². The third-order valence-corrected chi connectivity index (χ3v) is 3.18. The summed E-state index contributed by atoms with van der Waals surface area (Å²) in [5, 5.41) is 13.1. The number of aliphatic hydroxyl groups excluding tert-OH is 1. The molecule has 0 fully saturated rings. The van der Waals surface area contributed by atoms with Crippen molar-refractivity contribution in [1.29, 1.82) is 0 Å². The number of nitrogens with two attached hydrogens (primary N) is 1. The fourth-order valence-corrected chi connectivity index (χ4v) is 1.98. The number of hydrogen-bond acceptors (Lipinski definition) is 3. The molecule has 1 aromatic carbocycles. The van der Waals surface area contributed by atoms with Crippen LogP contribution in [-0.2, 0) is 0 Å². The molecule has 0 aliphatic rings. The van der Waals surface area contributed by atoms with E-state index in [-0.39, 0.29) is 12.0 Å². The lowest BCUT2D eigenvalue weighted by Gasteiger charge is -2.08. The van der Waals surface area contributed by atoms with Gasteiger partial charge < -0.3 is 21.1 Å². The maximum absolute atomic E-state index is 12.0. The van der Waals surface area contributed by atoms with Gasteiger partial charge in [0.05, 0.1) is 11.7 Å². The number of aromatic nitrogens is 1. The second kappa shape index (κ2) is 5.75. The van der Waals surface area contributed by atoms with Gasteiger partial charge in [0.25, 0.3) is 5.91 Å². The second-order valence-electron chi connectivity index (χ2n) is 4.61. The quantitative estimate of drug-likeness (QED) is 0.617. The number of anilines is 1. The first-order chi connectivity index (χ1) is 9.11. The zero-order valence-electron chi connectivity index (χ0n) is 10.9. The highest BCUT2D eigenvalue weighted by Crippen LogP contribution is 2.20. The Kier molecular flexibility index (Phi) is 4.06. The van der Waals surface area contributed by atoms with Crippen LogP contribution in [0.5, 0.6) is 0 Å². The molecule has 1 atom stereocenters. The molecule has 1 amide bonds. The van der Waals surface area contributed by atoms with Crippen molar-refractivity contribution < 1.29 is 9.90 Å². The highest BCUT2D eigenvalue weighted by molar-refractivity contribution is 6.07. The number of rotatable bonds is 5. The topological polar surface area (TPSA) is 91.1 Å². The summed E-state index contributed by atoms with van der Waals surface area (Å²) in [6, 6.07) is 5.42. The molecule has 0 aliphatic carbocycles. The summed E-state index contributed by atoms with van der Waals surface area (Å²) in [6.45, 7) is 2.37. The zero-order valence-corrected chi connectivity index (χ0v) is 10.9. The van der Waals surface area contributed by atoms with E-state index in [1.165, 1.54) is 0 Å². The van der Waals surface area contributed by atoms with Crippen LogP contribution in [0.4, 0.5) is 5.69 Å². The summed E-state index contributed by atoms with van der Waals surface area (Å²) < 4.78 is 0. The maximum Gasteiger partial charge on any atom is 0.253 e. The van der Waals surface area contributed by atoms with Crippen molar-refractivity contribution in [2.75, 3.05) is 12.3 Å².